The zero-order valence-corrected chi connectivity index (χ0v) is 13.6. The first-order valence-electron chi connectivity index (χ1n) is 7.67. The van der Waals surface area contributed by atoms with Crippen molar-refractivity contribution in [2.75, 3.05) is 0 Å². The van der Waals surface area contributed by atoms with Crippen LogP contribution in [0.2, 0.25) is 0 Å². The second-order valence-electron chi connectivity index (χ2n) is 5.51. The summed E-state index contributed by atoms with van der Waals surface area (Å²) in [5.74, 6) is -2.06. The molecule has 2 aromatic rings. The molecule has 0 unspecified atom stereocenters. The maximum Gasteiger partial charge on any atom is 0.155 e. The van der Waals surface area contributed by atoms with Crippen molar-refractivity contribution in [1.29, 1.82) is 5.26 Å². The third-order valence-electron chi connectivity index (χ3n) is 3.52. The first-order valence-corrected chi connectivity index (χ1v) is 7.67. The summed E-state index contributed by atoms with van der Waals surface area (Å²) in [6, 6.07) is 8.82. The third-order valence-corrected chi connectivity index (χ3v) is 3.52. The van der Waals surface area contributed by atoms with Crippen molar-refractivity contribution in [2.45, 2.75) is 26.2 Å². The predicted molar refractivity (Wildman–Crippen MR) is 88.6 cm³/mol. The molecule has 0 spiro atoms. The Hall–Kier alpha value is -3.07. The van der Waals surface area contributed by atoms with E-state index in [4.69, 9.17) is 5.26 Å². The van der Waals surface area contributed by atoms with Gasteiger partial charge in [0.25, 0.3) is 0 Å². The van der Waals surface area contributed by atoms with E-state index < -0.39 is 17.2 Å². The van der Waals surface area contributed by atoms with Crippen molar-refractivity contribution in [1.82, 2.24) is 4.98 Å². The number of aryl methyl sites for hydroxylation is 1. The van der Waals surface area contributed by atoms with Gasteiger partial charge < -0.3 is 5.11 Å². The van der Waals surface area contributed by atoms with E-state index in [2.05, 4.69) is 4.98 Å². The van der Waals surface area contributed by atoms with E-state index >= 15 is 0 Å². The molecule has 1 aromatic carbocycles. The summed E-state index contributed by atoms with van der Waals surface area (Å²) in [6.45, 7) is 1.36. The standard InChI is InChI=1S/C19H16F2N2O2/c1-12(24)10-14(25)6-2-4-13-5-3-7-18(23-13)15-8-9-17(20)16(11-22)19(15)21/h3,5,7-10,25H,2,4,6H2,1H3. The van der Waals surface area contributed by atoms with E-state index in [1.807, 2.05) is 0 Å². The highest BCUT2D eigenvalue weighted by molar-refractivity contribution is 5.87. The van der Waals surface area contributed by atoms with Gasteiger partial charge in [0.2, 0.25) is 0 Å². The van der Waals surface area contributed by atoms with Crippen LogP contribution in [0.1, 0.15) is 31.0 Å². The largest absolute Gasteiger partial charge is 0.512 e. The molecule has 128 valence electrons. The normalized spacial score (nSPS) is 11.2. The summed E-state index contributed by atoms with van der Waals surface area (Å²) >= 11 is 0. The van der Waals surface area contributed by atoms with Gasteiger partial charge in [0.05, 0.1) is 11.5 Å². The smallest absolute Gasteiger partial charge is 0.155 e. The minimum Gasteiger partial charge on any atom is -0.512 e. The zero-order valence-electron chi connectivity index (χ0n) is 13.6. The van der Waals surface area contributed by atoms with Crippen LogP contribution in [0.5, 0.6) is 0 Å². The molecule has 6 heteroatoms. The summed E-state index contributed by atoms with van der Waals surface area (Å²) in [7, 11) is 0. The number of nitriles is 1. The van der Waals surface area contributed by atoms with Crippen LogP contribution in [0.3, 0.4) is 0 Å². The van der Waals surface area contributed by atoms with Crippen LogP contribution in [0.4, 0.5) is 8.78 Å². The van der Waals surface area contributed by atoms with Crippen LogP contribution in [0, 0.1) is 23.0 Å². The van der Waals surface area contributed by atoms with Gasteiger partial charge in [-0.05, 0) is 44.0 Å². The van der Waals surface area contributed by atoms with Crippen LogP contribution in [0.25, 0.3) is 11.3 Å². The minimum atomic E-state index is -0.936. The number of aliphatic hydroxyl groups excluding tert-OH is 1. The molecule has 1 aromatic heterocycles. The molecule has 0 saturated carbocycles. The number of hydrogen-bond donors (Lipinski definition) is 1. The second-order valence-corrected chi connectivity index (χ2v) is 5.51. The molecule has 25 heavy (non-hydrogen) atoms. The lowest BCUT2D eigenvalue weighted by molar-refractivity contribution is -0.112. The first-order chi connectivity index (χ1) is 11.9. The van der Waals surface area contributed by atoms with Crippen LogP contribution < -0.4 is 0 Å². The highest BCUT2D eigenvalue weighted by Crippen LogP contribution is 2.25. The van der Waals surface area contributed by atoms with Crippen molar-refractivity contribution in [3.05, 3.63) is 65.1 Å². The molecule has 0 saturated heterocycles. The Morgan fingerprint density at radius 2 is 2.08 bits per heavy atom. The van der Waals surface area contributed by atoms with Gasteiger partial charge in [-0.1, -0.05) is 6.07 Å². The van der Waals surface area contributed by atoms with E-state index in [9.17, 15) is 18.7 Å². The number of carbonyl (C=O) groups excluding carboxylic acids is 1. The molecule has 0 bridgehead atoms. The Morgan fingerprint density at radius 1 is 1.32 bits per heavy atom. The van der Waals surface area contributed by atoms with Crippen LogP contribution >= 0.6 is 0 Å². The number of aliphatic hydroxyl groups is 1. The summed E-state index contributed by atoms with van der Waals surface area (Å²) in [6.07, 6.45) is 2.56. The van der Waals surface area contributed by atoms with Crippen molar-refractivity contribution < 1.29 is 18.7 Å². The average Bonchev–Trinajstić information content (AvgIpc) is 2.55. The SMILES string of the molecule is CC(=O)C=C(O)CCCc1cccc(-c2ccc(F)c(C#N)c2F)n1. The van der Waals surface area contributed by atoms with E-state index in [-0.39, 0.29) is 17.1 Å². The summed E-state index contributed by atoms with van der Waals surface area (Å²) < 4.78 is 27.7. The lowest BCUT2D eigenvalue weighted by Crippen LogP contribution is -1.98. The lowest BCUT2D eigenvalue weighted by atomic mass is 10.1. The number of carbonyl (C=O) groups is 1. The van der Waals surface area contributed by atoms with Gasteiger partial charge in [0.15, 0.2) is 11.6 Å². The second kappa shape index (κ2) is 8.15. The quantitative estimate of drug-likeness (QED) is 0.629. The Kier molecular flexibility index (Phi) is 5.96. The van der Waals surface area contributed by atoms with Gasteiger partial charge in [0.1, 0.15) is 17.4 Å². The number of aromatic nitrogens is 1. The van der Waals surface area contributed by atoms with E-state index in [1.165, 1.54) is 25.1 Å². The van der Waals surface area contributed by atoms with Crippen LogP contribution in [-0.4, -0.2) is 15.9 Å². The maximum absolute atomic E-state index is 14.3. The Labute approximate surface area is 144 Å². The molecule has 0 fully saturated rings. The molecule has 0 aliphatic rings. The molecular weight excluding hydrogens is 326 g/mol. The number of halogens is 2. The fraction of sp³-hybridized carbons (Fsp3) is 0.211. The fourth-order valence-electron chi connectivity index (χ4n) is 2.38. The number of nitrogens with zero attached hydrogens (tertiary/aromatic N) is 2. The highest BCUT2D eigenvalue weighted by Gasteiger charge is 2.15. The van der Waals surface area contributed by atoms with Crippen molar-refractivity contribution in [3.8, 4) is 17.3 Å². The minimum absolute atomic E-state index is 0.00638. The number of benzene rings is 1. The Morgan fingerprint density at radius 3 is 2.76 bits per heavy atom. The average molecular weight is 342 g/mol. The number of hydrogen-bond acceptors (Lipinski definition) is 4. The summed E-state index contributed by atoms with van der Waals surface area (Å²) in [4.78, 5) is 15.2. The van der Waals surface area contributed by atoms with Gasteiger partial charge in [-0.15, -0.1) is 0 Å². The molecule has 0 aliphatic carbocycles. The molecule has 0 radical (unpaired) electrons. The molecule has 1 N–H and O–H groups in total. The molecule has 0 aliphatic heterocycles. The predicted octanol–water partition coefficient (Wildman–Crippen LogP) is 4.25. The zero-order chi connectivity index (χ0) is 18.4. The number of allylic oxidation sites excluding steroid dienone is 2. The van der Waals surface area contributed by atoms with Crippen LogP contribution in [-0.2, 0) is 11.2 Å². The van der Waals surface area contributed by atoms with Gasteiger partial charge in [0, 0.05) is 23.8 Å². The van der Waals surface area contributed by atoms with E-state index in [1.54, 1.807) is 18.2 Å². The van der Waals surface area contributed by atoms with E-state index in [0.717, 1.165) is 6.07 Å². The van der Waals surface area contributed by atoms with Crippen molar-refractivity contribution in [2.24, 2.45) is 0 Å². The summed E-state index contributed by atoms with van der Waals surface area (Å²) in [5.41, 5.74) is 0.383. The monoisotopic (exact) mass is 342 g/mol. The lowest BCUT2D eigenvalue weighted by Gasteiger charge is -2.07. The fourth-order valence-corrected chi connectivity index (χ4v) is 2.38. The Balaban J connectivity index is 2.17. The summed E-state index contributed by atoms with van der Waals surface area (Å²) in [5, 5.41) is 18.4. The maximum atomic E-state index is 14.3. The number of pyridine rings is 1. The number of rotatable bonds is 6. The van der Waals surface area contributed by atoms with Crippen molar-refractivity contribution in [3.63, 3.8) is 0 Å². The number of ketones is 1. The molecule has 4 nitrogen and oxygen atoms in total. The van der Waals surface area contributed by atoms with Gasteiger partial charge in [-0.3, -0.25) is 9.78 Å². The van der Waals surface area contributed by atoms with Crippen LogP contribution in [0.15, 0.2) is 42.2 Å². The van der Waals surface area contributed by atoms with Gasteiger partial charge in [-0.25, -0.2) is 8.78 Å². The van der Waals surface area contributed by atoms with Gasteiger partial charge in [-0.2, -0.15) is 5.26 Å². The molecule has 0 atom stereocenters. The molecular formula is C19H16F2N2O2. The third kappa shape index (κ3) is 4.70. The molecule has 0 amide bonds. The molecule has 2 rings (SSSR count). The molecule has 1 heterocycles. The van der Waals surface area contributed by atoms with Gasteiger partial charge >= 0.3 is 0 Å². The first kappa shape index (κ1) is 18.3. The van der Waals surface area contributed by atoms with E-state index in [0.29, 0.717) is 30.7 Å². The topological polar surface area (TPSA) is 74.0 Å². The Bertz CT molecular complexity index is 870. The highest BCUT2D eigenvalue weighted by atomic mass is 19.1. The van der Waals surface area contributed by atoms with Crippen molar-refractivity contribution >= 4 is 5.78 Å².